The van der Waals surface area contributed by atoms with Gasteiger partial charge in [0, 0.05) is 42.7 Å². The SMILES string of the molecule is CCCC(C)(NC(=O)[C@@H](CCCC(=O)O)NC(=O)[C@@H](CCCCNC(=O)/C=C/c1cccnc1)NC(=O)c1ccc(Nc2nc3ccccc3[nH]2)cc1)C(N)=O. The van der Waals surface area contributed by atoms with Crippen LogP contribution in [0, 0.1) is 0 Å². The number of fused-ring (bicyclic) bond motifs is 1. The number of anilines is 2. The minimum Gasteiger partial charge on any atom is -0.481 e. The molecule has 296 valence electrons. The number of nitrogens with two attached hydrogens (primary N) is 1. The number of pyridine rings is 1. The van der Waals surface area contributed by atoms with Crippen molar-refractivity contribution in [3.8, 4) is 0 Å². The summed E-state index contributed by atoms with van der Waals surface area (Å²) in [5.74, 6) is -3.57. The lowest BCUT2D eigenvalue weighted by Crippen LogP contribution is -2.61. The summed E-state index contributed by atoms with van der Waals surface area (Å²) < 4.78 is 0. The number of nitrogens with one attached hydrogen (secondary N) is 6. The van der Waals surface area contributed by atoms with Gasteiger partial charge in [0.05, 0.1) is 11.0 Å². The Balaban J connectivity index is 1.45. The number of para-hydroxylation sites is 2. The third-order valence-corrected chi connectivity index (χ3v) is 8.96. The summed E-state index contributed by atoms with van der Waals surface area (Å²) in [5.41, 5.74) is 7.54. The van der Waals surface area contributed by atoms with Gasteiger partial charge in [-0.2, -0.15) is 0 Å². The Kier molecular flexibility index (Phi) is 15.6. The highest BCUT2D eigenvalue weighted by Crippen LogP contribution is 2.19. The normalized spacial score (nSPS) is 13.2. The number of carboxylic acids is 1. The Morgan fingerprint density at radius 3 is 2.32 bits per heavy atom. The summed E-state index contributed by atoms with van der Waals surface area (Å²) in [6, 6.07) is 15.3. The highest BCUT2D eigenvalue weighted by molar-refractivity contribution is 5.99. The van der Waals surface area contributed by atoms with Gasteiger partial charge in [-0.1, -0.05) is 31.5 Å². The Bertz CT molecular complexity index is 1970. The van der Waals surface area contributed by atoms with E-state index in [-0.39, 0.29) is 43.6 Å². The van der Waals surface area contributed by atoms with E-state index in [0.29, 0.717) is 37.4 Å². The van der Waals surface area contributed by atoms with Gasteiger partial charge in [-0.15, -0.1) is 0 Å². The number of hydrogen-bond acceptors (Lipinski definition) is 9. The summed E-state index contributed by atoms with van der Waals surface area (Å²) in [7, 11) is 0. The van der Waals surface area contributed by atoms with Crippen LogP contribution in [0.5, 0.6) is 0 Å². The molecule has 4 aromatic rings. The van der Waals surface area contributed by atoms with Crippen molar-refractivity contribution in [2.24, 2.45) is 5.73 Å². The molecule has 4 rings (SSSR count). The second-order valence-electron chi connectivity index (χ2n) is 13.5. The molecule has 9 N–H and O–H groups in total. The topological polar surface area (TPSA) is 250 Å². The molecule has 16 heteroatoms. The fourth-order valence-electron chi connectivity index (χ4n) is 5.86. The third kappa shape index (κ3) is 13.1. The van der Waals surface area contributed by atoms with Crippen LogP contribution in [0.25, 0.3) is 17.1 Å². The molecule has 0 radical (unpaired) electrons. The Morgan fingerprint density at radius 1 is 0.911 bits per heavy atom. The van der Waals surface area contributed by atoms with Crippen molar-refractivity contribution in [1.82, 2.24) is 36.2 Å². The molecular weight excluding hydrogens is 718 g/mol. The van der Waals surface area contributed by atoms with Crippen molar-refractivity contribution in [3.05, 3.63) is 90.3 Å². The number of imidazole rings is 1. The number of benzene rings is 2. The highest BCUT2D eigenvalue weighted by atomic mass is 16.4. The van der Waals surface area contributed by atoms with Crippen LogP contribution in [0.4, 0.5) is 11.6 Å². The molecule has 2 heterocycles. The van der Waals surface area contributed by atoms with Crippen LogP contribution in [-0.4, -0.2) is 79.7 Å². The van der Waals surface area contributed by atoms with E-state index in [0.717, 1.165) is 16.6 Å². The molecule has 0 fully saturated rings. The lowest BCUT2D eigenvalue weighted by atomic mass is 9.94. The Morgan fingerprint density at radius 2 is 1.64 bits per heavy atom. The molecule has 16 nitrogen and oxygen atoms in total. The summed E-state index contributed by atoms with van der Waals surface area (Å²) in [6.45, 7) is 3.60. The molecule has 1 unspecified atom stereocenters. The second kappa shape index (κ2) is 20.8. The molecule has 0 saturated carbocycles. The predicted octanol–water partition coefficient (Wildman–Crippen LogP) is 3.70. The number of nitrogens with zero attached hydrogens (tertiary/aromatic N) is 2. The molecule has 5 amide bonds. The van der Waals surface area contributed by atoms with Crippen molar-refractivity contribution in [3.63, 3.8) is 0 Å². The van der Waals surface area contributed by atoms with Gasteiger partial charge in [0.15, 0.2) is 0 Å². The highest BCUT2D eigenvalue weighted by Gasteiger charge is 2.35. The first kappa shape index (κ1) is 42.2. The zero-order valence-electron chi connectivity index (χ0n) is 31.5. The Labute approximate surface area is 324 Å². The van der Waals surface area contributed by atoms with Gasteiger partial charge in [-0.05, 0) is 99.6 Å². The number of unbranched alkanes of at least 4 members (excludes halogenated alkanes) is 1. The van der Waals surface area contributed by atoms with Crippen LogP contribution in [0.3, 0.4) is 0 Å². The third-order valence-electron chi connectivity index (χ3n) is 8.96. The maximum absolute atomic E-state index is 13.9. The first-order valence-corrected chi connectivity index (χ1v) is 18.5. The average Bonchev–Trinajstić information content (AvgIpc) is 3.59. The van der Waals surface area contributed by atoms with Gasteiger partial charge in [0.2, 0.25) is 29.6 Å². The number of carbonyl (C=O) groups excluding carboxylic acids is 5. The number of H-pyrrole nitrogens is 1. The number of aromatic nitrogens is 3. The number of aliphatic carboxylic acids is 1. The number of amides is 5. The summed E-state index contributed by atoms with van der Waals surface area (Å²) in [4.78, 5) is 88.4. The van der Waals surface area contributed by atoms with E-state index in [4.69, 9.17) is 5.73 Å². The predicted molar refractivity (Wildman–Crippen MR) is 211 cm³/mol. The number of carbonyl (C=O) groups is 6. The summed E-state index contributed by atoms with van der Waals surface area (Å²) >= 11 is 0. The maximum atomic E-state index is 13.9. The molecule has 0 aliphatic carbocycles. The van der Waals surface area contributed by atoms with Crippen LogP contribution >= 0.6 is 0 Å². The van der Waals surface area contributed by atoms with E-state index < -0.39 is 47.2 Å². The van der Waals surface area contributed by atoms with Gasteiger partial charge < -0.3 is 42.4 Å². The summed E-state index contributed by atoms with van der Waals surface area (Å²) in [6.07, 6.45) is 7.80. The van der Waals surface area contributed by atoms with Crippen LogP contribution < -0.4 is 32.3 Å². The maximum Gasteiger partial charge on any atom is 0.303 e. The van der Waals surface area contributed by atoms with Crippen molar-refractivity contribution < 1.29 is 33.9 Å². The van der Waals surface area contributed by atoms with Gasteiger partial charge in [-0.25, -0.2) is 4.98 Å². The lowest BCUT2D eigenvalue weighted by Gasteiger charge is -2.30. The zero-order valence-corrected chi connectivity index (χ0v) is 31.5. The number of hydrogen-bond donors (Lipinski definition) is 8. The molecule has 2 aromatic carbocycles. The second-order valence-corrected chi connectivity index (χ2v) is 13.5. The Hall–Kier alpha value is -6.58. The van der Waals surface area contributed by atoms with Crippen LogP contribution in [-0.2, 0) is 24.0 Å². The zero-order chi connectivity index (χ0) is 40.5. The minimum atomic E-state index is -1.40. The van der Waals surface area contributed by atoms with Crippen molar-refractivity contribution in [2.75, 3.05) is 11.9 Å². The van der Waals surface area contributed by atoms with E-state index in [1.807, 2.05) is 37.3 Å². The van der Waals surface area contributed by atoms with E-state index in [1.165, 1.54) is 13.0 Å². The number of primary amides is 1. The van der Waals surface area contributed by atoms with Crippen molar-refractivity contribution >= 4 is 64.3 Å². The number of rotatable bonds is 22. The lowest BCUT2D eigenvalue weighted by molar-refractivity contribution is -0.137. The standard InChI is InChI=1S/C40H49N9O7/c1-3-22-40(2,38(41)56)49-37(55)32(14-8-15-34(51)52)46-36(54)31(13-6-7-24-43-33(50)21-16-26-10-9-23-42-25-26)45-35(53)27-17-19-28(20-18-27)44-39-47-29-11-4-5-12-30(29)48-39/h4-5,9-12,16-21,23,25,31-32H,3,6-8,13-15,22,24H2,1-2H3,(H2,41,56)(H,43,50)(H,45,53)(H,46,54)(H,49,55)(H,51,52)(H2,44,47,48)/b21-16+/t31-,32-,40?/m1/s1. The van der Waals surface area contributed by atoms with Gasteiger partial charge >= 0.3 is 5.97 Å². The molecule has 0 saturated heterocycles. The van der Waals surface area contributed by atoms with E-state index in [9.17, 15) is 33.9 Å². The molecule has 3 atom stereocenters. The number of aromatic amines is 1. The van der Waals surface area contributed by atoms with Crippen molar-refractivity contribution in [1.29, 1.82) is 0 Å². The fraction of sp³-hybridized carbons (Fsp3) is 0.350. The van der Waals surface area contributed by atoms with E-state index >= 15 is 0 Å². The minimum absolute atomic E-state index is 0.0507. The molecule has 56 heavy (non-hydrogen) atoms. The molecule has 0 spiro atoms. The largest absolute Gasteiger partial charge is 0.481 e. The fourth-order valence-corrected chi connectivity index (χ4v) is 5.86. The molecule has 0 bridgehead atoms. The quantitative estimate of drug-likeness (QED) is 0.0425. The number of carboxylic acid groups (broad SMARTS) is 1. The molecular formula is C40H49N9O7. The first-order valence-electron chi connectivity index (χ1n) is 18.5. The van der Waals surface area contributed by atoms with Gasteiger partial charge in [0.1, 0.15) is 17.6 Å². The smallest absolute Gasteiger partial charge is 0.303 e. The monoisotopic (exact) mass is 767 g/mol. The van der Waals surface area contributed by atoms with Crippen molar-refractivity contribution in [2.45, 2.75) is 82.8 Å². The summed E-state index contributed by atoms with van der Waals surface area (Å²) in [5, 5.41) is 23.2. The van der Waals surface area contributed by atoms with Gasteiger partial charge in [-0.3, -0.25) is 33.8 Å². The van der Waals surface area contributed by atoms with E-state index in [1.54, 1.807) is 48.8 Å². The molecule has 2 aromatic heterocycles. The van der Waals surface area contributed by atoms with Crippen LogP contribution in [0.2, 0.25) is 0 Å². The van der Waals surface area contributed by atoms with Gasteiger partial charge in [0.25, 0.3) is 5.91 Å². The molecule has 0 aliphatic rings. The van der Waals surface area contributed by atoms with E-state index in [2.05, 4.69) is 41.5 Å². The average molecular weight is 768 g/mol. The van der Waals surface area contributed by atoms with Crippen LogP contribution in [0.1, 0.15) is 81.1 Å². The van der Waals surface area contributed by atoms with Crippen LogP contribution in [0.15, 0.2) is 79.1 Å². The molecule has 0 aliphatic heterocycles. The first-order chi connectivity index (χ1) is 26.9.